The molecule has 152 valence electrons. The minimum Gasteiger partial charge on any atom is -0.493 e. The summed E-state index contributed by atoms with van der Waals surface area (Å²) >= 11 is 7.46. The number of rotatable bonds is 6. The zero-order valence-electron chi connectivity index (χ0n) is 16.0. The largest absolute Gasteiger partial charge is 0.493 e. The Bertz CT molecular complexity index is 1260. The van der Waals surface area contributed by atoms with Crippen LogP contribution < -0.4 is 14.8 Å². The Morgan fingerprint density at radius 3 is 2.63 bits per heavy atom. The summed E-state index contributed by atoms with van der Waals surface area (Å²) in [6.07, 6.45) is 1.47. The molecule has 0 aliphatic heterocycles. The van der Waals surface area contributed by atoms with Crippen LogP contribution in [-0.4, -0.2) is 35.3 Å². The van der Waals surface area contributed by atoms with Gasteiger partial charge in [0.15, 0.2) is 11.5 Å². The average Bonchev–Trinajstić information content (AvgIpc) is 3.19. The number of aromatic nitrogens is 2. The molecule has 0 bridgehead atoms. The highest BCUT2D eigenvalue weighted by molar-refractivity contribution is 7.17. The molecule has 2 aromatic heterocycles. The molecule has 9 heteroatoms. The minimum atomic E-state index is -1.10. The van der Waals surface area contributed by atoms with Crippen LogP contribution in [0.2, 0.25) is 5.02 Å². The number of hydrogen-bond acceptors (Lipinski definition) is 7. The number of nitrogens with zero attached hydrogens (tertiary/aromatic N) is 2. The summed E-state index contributed by atoms with van der Waals surface area (Å²) in [5.41, 5.74) is 2.41. The van der Waals surface area contributed by atoms with E-state index in [9.17, 15) is 9.90 Å². The van der Waals surface area contributed by atoms with Crippen molar-refractivity contribution in [2.45, 2.75) is 0 Å². The molecule has 2 heterocycles. The molecule has 4 aromatic rings. The summed E-state index contributed by atoms with van der Waals surface area (Å²) in [6.45, 7) is 0. The van der Waals surface area contributed by atoms with Gasteiger partial charge in [0.25, 0.3) is 0 Å². The number of ether oxygens (including phenoxy) is 2. The van der Waals surface area contributed by atoms with Crippen molar-refractivity contribution < 1.29 is 19.4 Å². The highest BCUT2D eigenvalue weighted by Crippen LogP contribution is 2.40. The van der Waals surface area contributed by atoms with Crippen molar-refractivity contribution in [2.75, 3.05) is 19.5 Å². The molecule has 0 aliphatic carbocycles. The summed E-state index contributed by atoms with van der Waals surface area (Å²) in [4.78, 5) is 20.9. The van der Waals surface area contributed by atoms with Crippen molar-refractivity contribution >= 4 is 50.6 Å². The van der Waals surface area contributed by atoms with E-state index < -0.39 is 5.97 Å². The lowest BCUT2D eigenvalue weighted by Crippen LogP contribution is -2.00. The molecule has 0 aliphatic rings. The summed E-state index contributed by atoms with van der Waals surface area (Å²) in [5, 5.41) is 15.5. The Balaban J connectivity index is 1.81. The Hall–Kier alpha value is -3.36. The van der Waals surface area contributed by atoms with E-state index in [2.05, 4.69) is 15.3 Å². The van der Waals surface area contributed by atoms with Crippen LogP contribution in [0.4, 0.5) is 11.5 Å². The molecule has 0 atom stereocenters. The van der Waals surface area contributed by atoms with Crippen LogP contribution in [0, 0.1) is 0 Å². The Kier molecular flexibility index (Phi) is 5.43. The SMILES string of the molecule is COc1ccc(-c2csc3ncnc(Nc4ccc(Cl)c(C(=O)O)c4)c23)cc1OC. The number of aromatic carboxylic acids is 1. The lowest BCUT2D eigenvalue weighted by Gasteiger charge is -2.11. The Morgan fingerprint density at radius 1 is 1.10 bits per heavy atom. The summed E-state index contributed by atoms with van der Waals surface area (Å²) in [5.74, 6) is 0.713. The van der Waals surface area contributed by atoms with Crippen molar-refractivity contribution in [3.05, 3.63) is 58.7 Å². The zero-order chi connectivity index (χ0) is 21.3. The van der Waals surface area contributed by atoms with E-state index >= 15 is 0 Å². The van der Waals surface area contributed by atoms with Gasteiger partial charge in [-0.05, 0) is 35.9 Å². The van der Waals surface area contributed by atoms with Crippen molar-refractivity contribution in [1.29, 1.82) is 0 Å². The first kappa shape index (κ1) is 19.9. The molecule has 4 rings (SSSR count). The van der Waals surface area contributed by atoms with Crippen LogP contribution in [0.15, 0.2) is 48.1 Å². The fraction of sp³-hybridized carbons (Fsp3) is 0.0952. The van der Waals surface area contributed by atoms with Crippen LogP contribution in [0.25, 0.3) is 21.3 Å². The number of carbonyl (C=O) groups is 1. The van der Waals surface area contributed by atoms with Gasteiger partial charge in [-0.3, -0.25) is 0 Å². The normalized spacial score (nSPS) is 10.8. The van der Waals surface area contributed by atoms with E-state index in [1.54, 1.807) is 20.3 Å². The first-order chi connectivity index (χ1) is 14.5. The molecule has 0 amide bonds. The summed E-state index contributed by atoms with van der Waals surface area (Å²) in [7, 11) is 3.18. The van der Waals surface area contributed by atoms with Crippen molar-refractivity contribution in [3.63, 3.8) is 0 Å². The number of benzene rings is 2. The molecule has 0 saturated heterocycles. The predicted octanol–water partition coefficient (Wildman–Crippen LogP) is 5.47. The second-order valence-electron chi connectivity index (χ2n) is 6.25. The van der Waals surface area contributed by atoms with Crippen LogP contribution in [-0.2, 0) is 0 Å². The number of fused-ring (bicyclic) bond motifs is 1. The summed E-state index contributed by atoms with van der Waals surface area (Å²) < 4.78 is 10.7. The van der Waals surface area contributed by atoms with Gasteiger partial charge in [0.2, 0.25) is 0 Å². The Labute approximate surface area is 180 Å². The number of anilines is 2. The highest BCUT2D eigenvalue weighted by atomic mass is 35.5. The van der Waals surface area contributed by atoms with Crippen LogP contribution >= 0.6 is 22.9 Å². The third-order valence-electron chi connectivity index (χ3n) is 4.52. The molecule has 7 nitrogen and oxygen atoms in total. The fourth-order valence-corrected chi connectivity index (χ4v) is 4.20. The molecular weight excluding hydrogens is 426 g/mol. The van der Waals surface area contributed by atoms with E-state index in [0.29, 0.717) is 23.0 Å². The van der Waals surface area contributed by atoms with Gasteiger partial charge in [-0.2, -0.15) is 0 Å². The third kappa shape index (κ3) is 3.62. The topological polar surface area (TPSA) is 93.6 Å². The molecule has 2 N–H and O–H groups in total. The predicted molar refractivity (Wildman–Crippen MR) is 118 cm³/mol. The van der Waals surface area contributed by atoms with E-state index in [1.165, 1.54) is 29.8 Å². The molecule has 0 fully saturated rings. The van der Waals surface area contributed by atoms with E-state index in [-0.39, 0.29) is 10.6 Å². The number of methoxy groups -OCH3 is 2. The van der Waals surface area contributed by atoms with Crippen LogP contribution in [0.3, 0.4) is 0 Å². The fourth-order valence-electron chi connectivity index (χ4n) is 3.09. The molecule has 30 heavy (non-hydrogen) atoms. The number of nitrogens with one attached hydrogen (secondary N) is 1. The average molecular weight is 442 g/mol. The van der Waals surface area contributed by atoms with E-state index in [0.717, 1.165) is 21.3 Å². The molecular formula is C21H16ClN3O4S. The molecule has 0 radical (unpaired) electrons. The molecule has 0 spiro atoms. The minimum absolute atomic E-state index is 0.0115. The third-order valence-corrected chi connectivity index (χ3v) is 5.74. The van der Waals surface area contributed by atoms with Gasteiger partial charge >= 0.3 is 5.97 Å². The van der Waals surface area contributed by atoms with Gasteiger partial charge in [0, 0.05) is 16.6 Å². The van der Waals surface area contributed by atoms with Crippen molar-refractivity contribution in [3.8, 4) is 22.6 Å². The maximum Gasteiger partial charge on any atom is 0.337 e. The molecule has 0 unspecified atom stereocenters. The first-order valence-corrected chi connectivity index (χ1v) is 10.0. The van der Waals surface area contributed by atoms with Crippen molar-refractivity contribution in [2.24, 2.45) is 0 Å². The van der Waals surface area contributed by atoms with Crippen LogP contribution in [0.5, 0.6) is 11.5 Å². The number of halogens is 1. The lowest BCUT2D eigenvalue weighted by atomic mass is 10.1. The van der Waals surface area contributed by atoms with E-state index in [1.807, 2.05) is 23.6 Å². The summed E-state index contributed by atoms with van der Waals surface area (Å²) in [6, 6.07) is 10.4. The highest BCUT2D eigenvalue weighted by Gasteiger charge is 2.16. The smallest absolute Gasteiger partial charge is 0.337 e. The van der Waals surface area contributed by atoms with Gasteiger partial charge < -0.3 is 19.9 Å². The van der Waals surface area contributed by atoms with Gasteiger partial charge in [-0.1, -0.05) is 17.7 Å². The lowest BCUT2D eigenvalue weighted by molar-refractivity contribution is 0.0697. The van der Waals surface area contributed by atoms with Gasteiger partial charge in [-0.15, -0.1) is 11.3 Å². The number of carboxylic acids is 1. The van der Waals surface area contributed by atoms with Gasteiger partial charge in [0.05, 0.1) is 30.2 Å². The number of thiophene rings is 1. The van der Waals surface area contributed by atoms with Gasteiger partial charge in [0.1, 0.15) is 17.0 Å². The quantitative estimate of drug-likeness (QED) is 0.409. The molecule has 2 aromatic carbocycles. The second kappa shape index (κ2) is 8.17. The van der Waals surface area contributed by atoms with Crippen molar-refractivity contribution in [1.82, 2.24) is 9.97 Å². The Morgan fingerprint density at radius 2 is 1.90 bits per heavy atom. The number of carboxylic acid groups (broad SMARTS) is 1. The monoisotopic (exact) mass is 441 g/mol. The zero-order valence-corrected chi connectivity index (χ0v) is 17.5. The number of hydrogen-bond donors (Lipinski definition) is 2. The van der Waals surface area contributed by atoms with Crippen LogP contribution in [0.1, 0.15) is 10.4 Å². The molecule has 0 saturated carbocycles. The second-order valence-corrected chi connectivity index (χ2v) is 7.51. The first-order valence-electron chi connectivity index (χ1n) is 8.76. The van der Waals surface area contributed by atoms with E-state index in [4.69, 9.17) is 21.1 Å². The maximum absolute atomic E-state index is 11.4. The van der Waals surface area contributed by atoms with Gasteiger partial charge in [-0.25, -0.2) is 14.8 Å². The standard InChI is InChI=1S/C21H16ClN3O4S/c1-28-16-6-3-11(7-17(16)29-2)14-9-30-20-18(14)19(23-10-24-20)25-12-4-5-15(22)13(8-12)21(26)27/h3-10H,1-2H3,(H,26,27)(H,23,24,25). The maximum atomic E-state index is 11.4.